The second-order valence-electron chi connectivity index (χ2n) is 5.67. The number of benzene rings is 2. The maximum Gasteiger partial charge on any atom is 0.261 e. The van der Waals surface area contributed by atoms with Crippen LogP contribution in [0.1, 0.15) is 35.7 Å². The van der Waals surface area contributed by atoms with E-state index >= 15 is 0 Å². The maximum atomic E-state index is 12.5. The molecule has 1 amide bonds. The molecule has 4 heteroatoms. The largest absolute Gasteiger partial charge is 0.363 e. The van der Waals surface area contributed by atoms with E-state index < -0.39 is 0 Å². The number of nitrogens with one attached hydrogen (secondary N) is 1. The lowest BCUT2D eigenvalue weighted by atomic mass is 10.0. The summed E-state index contributed by atoms with van der Waals surface area (Å²) in [7, 11) is 0. The molecule has 3 rings (SSSR count). The fourth-order valence-electron chi connectivity index (χ4n) is 2.35. The lowest BCUT2D eigenvalue weighted by Gasteiger charge is -2.08. The van der Waals surface area contributed by atoms with Gasteiger partial charge in [-0.3, -0.25) is 4.79 Å². The monoisotopic (exact) mass is 306 g/mol. The van der Waals surface area contributed by atoms with Crippen molar-refractivity contribution in [1.82, 2.24) is 5.16 Å². The van der Waals surface area contributed by atoms with Gasteiger partial charge >= 0.3 is 0 Å². The quantitative estimate of drug-likeness (QED) is 0.759. The van der Waals surface area contributed by atoms with Gasteiger partial charge in [-0.25, -0.2) is 0 Å². The highest BCUT2D eigenvalue weighted by Crippen LogP contribution is 2.23. The van der Waals surface area contributed by atoms with E-state index in [1.165, 1.54) is 11.8 Å². The Labute approximate surface area is 135 Å². The lowest BCUT2D eigenvalue weighted by Crippen LogP contribution is -2.12. The molecule has 0 saturated carbocycles. The smallest absolute Gasteiger partial charge is 0.261 e. The number of carbonyl (C=O) groups excluding carboxylic acids is 1. The van der Waals surface area contributed by atoms with E-state index in [0.29, 0.717) is 17.2 Å². The van der Waals surface area contributed by atoms with Crippen LogP contribution in [0, 0.1) is 0 Å². The zero-order valence-electron chi connectivity index (χ0n) is 13.1. The minimum absolute atomic E-state index is 0.234. The van der Waals surface area contributed by atoms with Crippen molar-refractivity contribution in [2.24, 2.45) is 0 Å². The second kappa shape index (κ2) is 6.48. The number of nitrogens with zero attached hydrogens (tertiary/aromatic N) is 1. The van der Waals surface area contributed by atoms with E-state index in [2.05, 4.69) is 24.3 Å². The first-order valence-corrected chi connectivity index (χ1v) is 7.56. The van der Waals surface area contributed by atoms with Crippen molar-refractivity contribution in [2.45, 2.75) is 19.8 Å². The maximum absolute atomic E-state index is 12.5. The van der Waals surface area contributed by atoms with Gasteiger partial charge in [0.05, 0.1) is 0 Å². The number of anilines is 1. The van der Waals surface area contributed by atoms with E-state index in [1.54, 1.807) is 0 Å². The number of hydrogen-bond donors (Lipinski definition) is 1. The average Bonchev–Trinajstić information content (AvgIpc) is 3.06. The van der Waals surface area contributed by atoms with Crippen LogP contribution in [0.15, 0.2) is 65.4 Å². The van der Waals surface area contributed by atoms with Crippen LogP contribution in [0.25, 0.3) is 11.3 Å². The van der Waals surface area contributed by atoms with E-state index in [-0.39, 0.29) is 5.91 Å². The average molecular weight is 306 g/mol. The second-order valence-corrected chi connectivity index (χ2v) is 5.67. The minimum atomic E-state index is -0.234. The zero-order chi connectivity index (χ0) is 16.2. The first-order chi connectivity index (χ1) is 11.1. The van der Waals surface area contributed by atoms with Crippen LogP contribution in [-0.2, 0) is 0 Å². The summed E-state index contributed by atoms with van der Waals surface area (Å²) in [6.07, 6.45) is 1.38. The van der Waals surface area contributed by atoms with Gasteiger partial charge in [-0.05, 0) is 23.6 Å². The molecule has 0 aliphatic heterocycles. The van der Waals surface area contributed by atoms with Crippen molar-refractivity contribution < 1.29 is 9.32 Å². The van der Waals surface area contributed by atoms with Gasteiger partial charge < -0.3 is 9.84 Å². The summed E-state index contributed by atoms with van der Waals surface area (Å²) in [4.78, 5) is 12.5. The van der Waals surface area contributed by atoms with Crippen LogP contribution in [0.3, 0.4) is 0 Å². The molecule has 3 aromatic rings. The van der Waals surface area contributed by atoms with E-state index in [0.717, 1.165) is 11.3 Å². The van der Waals surface area contributed by atoms with Crippen molar-refractivity contribution in [3.05, 3.63) is 72.0 Å². The predicted octanol–water partition coefficient (Wildman–Crippen LogP) is 4.72. The Hall–Kier alpha value is -2.88. The Morgan fingerprint density at radius 3 is 2.39 bits per heavy atom. The van der Waals surface area contributed by atoms with Crippen molar-refractivity contribution >= 4 is 11.6 Å². The number of carbonyl (C=O) groups is 1. The molecular formula is C19H18N2O2. The lowest BCUT2D eigenvalue weighted by molar-refractivity contribution is 0.102. The summed E-state index contributed by atoms with van der Waals surface area (Å²) in [5.74, 6) is 0.227. The Bertz CT molecular complexity index is 790. The van der Waals surface area contributed by atoms with Crippen LogP contribution < -0.4 is 5.32 Å². The number of hydrogen-bond acceptors (Lipinski definition) is 3. The molecule has 0 fully saturated rings. The topological polar surface area (TPSA) is 55.1 Å². The molecule has 2 aromatic carbocycles. The summed E-state index contributed by atoms with van der Waals surface area (Å²) < 4.78 is 5.00. The van der Waals surface area contributed by atoms with Crippen molar-refractivity contribution in [2.75, 3.05) is 5.32 Å². The Balaban J connectivity index is 1.81. The highest BCUT2D eigenvalue weighted by Gasteiger charge is 2.17. The van der Waals surface area contributed by atoms with Gasteiger partial charge in [0.25, 0.3) is 5.91 Å². The standard InChI is InChI=1S/C19H18N2O2/c1-13(2)14-8-10-16(11-9-14)20-19(22)17-12-23-21-18(17)15-6-4-3-5-7-15/h3-13H,1-2H3,(H,20,22). The van der Waals surface area contributed by atoms with Crippen LogP contribution in [-0.4, -0.2) is 11.1 Å². The molecule has 116 valence electrons. The molecule has 0 saturated heterocycles. The molecule has 0 unspecified atom stereocenters. The fourth-order valence-corrected chi connectivity index (χ4v) is 2.35. The molecule has 0 atom stereocenters. The Morgan fingerprint density at radius 2 is 1.74 bits per heavy atom. The number of rotatable bonds is 4. The van der Waals surface area contributed by atoms with Crippen molar-refractivity contribution in [3.63, 3.8) is 0 Å². The molecular weight excluding hydrogens is 288 g/mol. The van der Waals surface area contributed by atoms with E-state index in [4.69, 9.17) is 4.52 Å². The first-order valence-electron chi connectivity index (χ1n) is 7.56. The van der Waals surface area contributed by atoms with Crippen molar-refractivity contribution in [3.8, 4) is 11.3 Å². The minimum Gasteiger partial charge on any atom is -0.363 e. The highest BCUT2D eigenvalue weighted by atomic mass is 16.5. The van der Waals surface area contributed by atoms with Gasteiger partial charge in [0.1, 0.15) is 17.5 Å². The summed E-state index contributed by atoms with van der Waals surface area (Å²) in [5, 5.41) is 6.83. The van der Waals surface area contributed by atoms with Crippen molar-refractivity contribution in [1.29, 1.82) is 0 Å². The molecule has 1 N–H and O–H groups in total. The summed E-state index contributed by atoms with van der Waals surface area (Å²) >= 11 is 0. The molecule has 0 bridgehead atoms. The third-order valence-electron chi connectivity index (χ3n) is 3.70. The molecule has 23 heavy (non-hydrogen) atoms. The van der Waals surface area contributed by atoms with Gasteiger partial charge in [-0.2, -0.15) is 0 Å². The normalized spacial score (nSPS) is 10.7. The van der Waals surface area contributed by atoms with E-state index in [1.807, 2.05) is 54.6 Å². The van der Waals surface area contributed by atoms with Crippen LogP contribution in [0.2, 0.25) is 0 Å². The molecule has 4 nitrogen and oxygen atoms in total. The Morgan fingerprint density at radius 1 is 1.04 bits per heavy atom. The molecule has 0 spiro atoms. The van der Waals surface area contributed by atoms with E-state index in [9.17, 15) is 4.79 Å². The summed E-state index contributed by atoms with van der Waals surface area (Å²) in [6, 6.07) is 17.4. The predicted molar refractivity (Wildman–Crippen MR) is 90.4 cm³/mol. The van der Waals surface area contributed by atoms with Gasteiger partial charge in [-0.1, -0.05) is 61.5 Å². The first kappa shape index (κ1) is 15.0. The number of aromatic nitrogens is 1. The Kier molecular flexibility index (Phi) is 4.24. The molecule has 0 aliphatic carbocycles. The molecule has 0 radical (unpaired) electrons. The van der Waals surface area contributed by atoms with Crippen LogP contribution >= 0.6 is 0 Å². The molecule has 1 heterocycles. The summed E-state index contributed by atoms with van der Waals surface area (Å²) in [5.41, 5.74) is 3.80. The highest BCUT2D eigenvalue weighted by molar-refractivity contribution is 6.07. The van der Waals surface area contributed by atoms with Gasteiger partial charge in [0, 0.05) is 11.3 Å². The molecule has 0 aliphatic rings. The van der Waals surface area contributed by atoms with Gasteiger partial charge in [-0.15, -0.1) is 0 Å². The van der Waals surface area contributed by atoms with Crippen LogP contribution in [0.5, 0.6) is 0 Å². The number of amides is 1. The van der Waals surface area contributed by atoms with Gasteiger partial charge in [0.2, 0.25) is 0 Å². The van der Waals surface area contributed by atoms with Gasteiger partial charge in [0.15, 0.2) is 0 Å². The zero-order valence-corrected chi connectivity index (χ0v) is 13.1. The third kappa shape index (κ3) is 3.31. The SMILES string of the molecule is CC(C)c1ccc(NC(=O)c2conc2-c2ccccc2)cc1. The third-order valence-corrected chi connectivity index (χ3v) is 3.70. The fraction of sp³-hybridized carbons (Fsp3) is 0.158. The summed E-state index contributed by atoms with van der Waals surface area (Å²) in [6.45, 7) is 4.27. The van der Waals surface area contributed by atoms with Crippen LogP contribution in [0.4, 0.5) is 5.69 Å². The molecule has 1 aromatic heterocycles.